The van der Waals surface area contributed by atoms with E-state index in [1.807, 2.05) is 72.8 Å². The van der Waals surface area contributed by atoms with E-state index in [2.05, 4.69) is 35.7 Å². The second-order valence-electron chi connectivity index (χ2n) is 8.53. The minimum absolute atomic E-state index is 0.313. The van der Waals surface area contributed by atoms with Crippen molar-refractivity contribution in [3.8, 4) is 11.5 Å². The Labute approximate surface area is 231 Å². The number of methoxy groups -OCH3 is 1. The van der Waals surface area contributed by atoms with Crippen molar-refractivity contribution in [2.24, 2.45) is 5.10 Å². The molecule has 200 valence electrons. The van der Waals surface area contributed by atoms with Crippen LogP contribution in [0.3, 0.4) is 0 Å². The van der Waals surface area contributed by atoms with Crippen LogP contribution in [0.2, 0.25) is 5.02 Å². The van der Waals surface area contributed by atoms with Crippen molar-refractivity contribution in [3.05, 3.63) is 88.9 Å². The molecule has 11 heteroatoms. The molecular formula is C28H28ClN7O3. The third-order valence-electron chi connectivity index (χ3n) is 5.85. The average Bonchev–Trinajstić information content (AvgIpc) is 2.98. The SMILES string of the molecule is COc1cc(/C=N/Nc2nc(Nc3ccccc3)nc(N3CCOCC3)n2)ccc1OCc1ccccc1Cl. The molecular weight excluding hydrogens is 518 g/mol. The van der Waals surface area contributed by atoms with Crippen LogP contribution in [0.1, 0.15) is 11.1 Å². The number of anilines is 4. The first-order valence-electron chi connectivity index (χ1n) is 12.4. The molecule has 0 unspecified atom stereocenters. The molecule has 0 amide bonds. The number of morpholine rings is 1. The zero-order valence-corrected chi connectivity index (χ0v) is 22.1. The largest absolute Gasteiger partial charge is 0.493 e. The van der Waals surface area contributed by atoms with Gasteiger partial charge in [-0.05, 0) is 42.0 Å². The fourth-order valence-electron chi connectivity index (χ4n) is 3.85. The lowest BCUT2D eigenvalue weighted by atomic mass is 10.2. The van der Waals surface area contributed by atoms with E-state index < -0.39 is 0 Å². The highest BCUT2D eigenvalue weighted by molar-refractivity contribution is 6.31. The molecule has 1 aliphatic heterocycles. The molecule has 0 spiro atoms. The Balaban J connectivity index is 1.29. The molecule has 0 radical (unpaired) electrons. The maximum atomic E-state index is 6.24. The highest BCUT2D eigenvalue weighted by Gasteiger charge is 2.17. The molecule has 0 atom stereocenters. The van der Waals surface area contributed by atoms with Crippen molar-refractivity contribution < 1.29 is 14.2 Å². The zero-order valence-electron chi connectivity index (χ0n) is 21.4. The average molecular weight is 546 g/mol. The van der Waals surface area contributed by atoms with Crippen LogP contribution in [0.5, 0.6) is 11.5 Å². The molecule has 1 aromatic heterocycles. The van der Waals surface area contributed by atoms with Crippen molar-refractivity contribution in [2.75, 3.05) is 49.1 Å². The highest BCUT2D eigenvalue weighted by Crippen LogP contribution is 2.29. The fourth-order valence-corrected chi connectivity index (χ4v) is 4.04. The van der Waals surface area contributed by atoms with Gasteiger partial charge in [0.1, 0.15) is 6.61 Å². The molecule has 3 aromatic carbocycles. The number of hydrazone groups is 1. The molecule has 1 aliphatic rings. The van der Waals surface area contributed by atoms with Gasteiger partial charge in [-0.25, -0.2) is 5.43 Å². The number of ether oxygens (including phenoxy) is 3. The molecule has 10 nitrogen and oxygen atoms in total. The van der Waals surface area contributed by atoms with E-state index in [4.69, 9.17) is 25.8 Å². The third kappa shape index (κ3) is 7.13. The number of nitrogens with zero attached hydrogens (tertiary/aromatic N) is 5. The van der Waals surface area contributed by atoms with Gasteiger partial charge < -0.3 is 24.4 Å². The number of hydrogen-bond donors (Lipinski definition) is 2. The predicted molar refractivity (Wildman–Crippen MR) is 153 cm³/mol. The van der Waals surface area contributed by atoms with Crippen LogP contribution < -0.4 is 25.1 Å². The van der Waals surface area contributed by atoms with Gasteiger partial charge in [0, 0.05) is 29.4 Å². The second kappa shape index (κ2) is 12.9. The van der Waals surface area contributed by atoms with Crippen LogP contribution in [-0.2, 0) is 11.3 Å². The second-order valence-corrected chi connectivity index (χ2v) is 8.94. The smallest absolute Gasteiger partial charge is 0.250 e. The first-order chi connectivity index (χ1) is 19.2. The van der Waals surface area contributed by atoms with Crippen molar-refractivity contribution >= 4 is 41.3 Å². The summed E-state index contributed by atoms with van der Waals surface area (Å²) in [6.45, 7) is 2.96. The Hall–Kier alpha value is -4.41. The van der Waals surface area contributed by atoms with Gasteiger partial charge in [-0.3, -0.25) is 0 Å². The lowest BCUT2D eigenvalue weighted by Crippen LogP contribution is -2.37. The van der Waals surface area contributed by atoms with E-state index in [0.29, 0.717) is 67.3 Å². The Morgan fingerprint density at radius 3 is 2.51 bits per heavy atom. The Morgan fingerprint density at radius 1 is 0.949 bits per heavy atom. The van der Waals surface area contributed by atoms with Crippen LogP contribution >= 0.6 is 11.6 Å². The van der Waals surface area contributed by atoms with Gasteiger partial charge in [0.05, 0.1) is 26.5 Å². The van der Waals surface area contributed by atoms with Crippen molar-refractivity contribution in [1.82, 2.24) is 15.0 Å². The van der Waals surface area contributed by atoms with Crippen molar-refractivity contribution in [3.63, 3.8) is 0 Å². The van der Waals surface area contributed by atoms with Gasteiger partial charge in [-0.15, -0.1) is 0 Å². The number of halogens is 1. The van der Waals surface area contributed by atoms with E-state index in [0.717, 1.165) is 16.8 Å². The number of para-hydroxylation sites is 1. The summed E-state index contributed by atoms with van der Waals surface area (Å²) >= 11 is 6.24. The monoisotopic (exact) mass is 545 g/mol. The summed E-state index contributed by atoms with van der Waals surface area (Å²) in [7, 11) is 1.59. The maximum absolute atomic E-state index is 6.24. The van der Waals surface area contributed by atoms with Crippen LogP contribution in [0.25, 0.3) is 0 Å². The molecule has 1 saturated heterocycles. The summed E-state index contributed by atoms with van der Waals surface area (Å²) in [5.74, 6) is 2.46. The Bertz CT molecular complexity index is 1420. The van der Waals surface area contributed by atoms with Gasteiger partial charge in [-0.1, -0.05) is 48.0 Å². The maximum Gasteiger partial charge on any atom is 0.250 e. The lowest BCUT2D eigenvalue weighted by Gasteiger charge is -2.27. The van der Waals surface area contributed by atoms with Crippen LogP contribution in [0, 0.1) is 0 Å². The summed E-state index contributed by atoms with van der Waals surface area (Å²) in [6, 6.07) is 22.8. The Kier molecular flexibility index (Phi) is 8.67. The molecule has 1 fully saturated rings. The molecule has 4 aromatic rings. The predicted octanol–water partition coefficient (Wildman–Crippen LogP) is 5.14. The van der Waals surface area contributed by atoms with E-state index in [1.54, 1.807) is 13.3 Å². The van der Waals surface area contributed by atoms with Crippen molar-refractivity contribution in [1.29, 1.82) is 0 Å². The number of hydrogen-bond acceptors (Lipinski definition) is 10. The van der Waals surface area contributed by atoms with Crippen LogP contribution in [0.15, 0.2) is 77.9 Å². The number of aromatic nitrogens is 3. The van der Waals surface area contributed by atoms with Gasteiger partial charge in [-0.2, -0.15) is 20.1 Å². The molecule has 2 N–H and O–H groups in total. The summed E-state index contributed by atoms with van der Waals surface area (Å²) in [4.78, 5) is 15.7. The minimum atomic E-state index is 0.313. The highest BCUT2D eigenvalue weighted by atomic mass is 35.5. The van der Waals surface area contributed by atoms with E-state index in [1.165, 1.54) is 0 Å². The molecule has 39 heavy (non-hydrogen) atoms. The van der Waals surface area contributed by atoms with Gasteiger partial charge in [0.2, 0.25) is 17.8 Å². The van der Waals surface area contributed by atoms with E-state index in [-0.39, 0.29) is 0 Å². The topological polar surface area (TPSA) is 106 Å². The summed E-state index contributed by atoms with van der Waals surface area (Å²) in [5.41, 5.74) is 5.49. The fraction of sp³-hybridized carbons (Fsp3) is 0.214. The van der Waals surface area contributed by atoms with Crippen molar-refractivity contribution in [2.45, 2.75) is 6.61 Å². The zero-order chi connectivity index (χ0) is 26.9. The van der Waals surface area contributed by atoms with Crippen LogP contribution in [-0.4, -0.2) is 54.6 Å². The van der Waals surface area contributed by atoms with Gasteiger partial charge in [0.15, 0.2) is 11.5 Å². The molecule has 2 heterocycles. The summed E-state index contributed by atoms with van der Waals surface area (Å²) in [6.07, 6.45) is 1.66. The Morgan fingerprint density at radius 2 is 1.72 bits per heavy atom. The molecule has 0 saturated carbocycles. The number of nitrogens with one attached hydrogen (secondary N) is 2. The lowest BCUT2D eigenvalue weighted by molar-refractivity contribution is 0.122. The van der Waals surface area contributed by atoms with E-state index >= 15 is 0 Å². The third-order valence-corrected chi connectivity index (χ3v) is 6.22. The van der Waals surface area contributed by atoms with Gasteiger partial charge in [0.25, 0.3) is 0 Å². The normalized spacial score (nSPS) is 13.3. The first kappa shape index (κ1) is 26.2. The van der Waals surface area contributed by atoms with Crippen LogP contribution in [0.4, 0.5) is 23.5 Å². The quantitative estimate of drug-likeness (QED) is 0.207. The molecule has 0 aliphatic carbocycles. The molecule has 5 rings (SSSR count). The first-order valence-corrected chi connectivity index (χ1v) is 12.8. The minimum Gasteiger partial charge on any atom is -0.493 e. The summed E-state index contributed by atoms with van der Waals surface area (Å²) in [5, 5.41) is 8.23. The van der Waals surface area contributed by atoms with E-state index in [9.17, 15) is 0 Å². The molecule has 0 bridgehead atoms. The summed E-state index contributed by atoms with van der Waals surface area (Å²) < 4.78 is 16.9. The van der Waals surface area contributed by atoms with Gasteiger partial charge >= 0.3 is 0 Å². The standard InChI is InChI=1S/C28H28ClN7O3/c1-37-25-17-20(11-12-24(25)39-19-21-7-5-6-10-23(21)29)18-30-35-27-32-26(31-22-8-3-2-4-9-22)33-28(34-27)36-13-15-38-16-14-36/h2-12,17-18H,13-16,19H2,1H3,(H2,31,32,33,34,35)/b30-18+. The number of rotatable bonds is 10. The number of benzene rings is 3.